The van der Waals surface area contributed by atoms with E-state index in [9.17, 15) is 5.11 Å². The minimum Gasteiger partial charge on any atom is -0.495 e. The van der Waals surface area contributed by atoms with Gasteiger partial charge in [0.1, 0.15) is 5.75 Å². The Balaban J connectivity index is 2.86. The third-order valence-electron chi connectivity index (χ3n) is 3.11. The molecule has 1 aromatic carbocycles. The van der Waals surface area contributed by atoms with E-state index in [1.54, 1.807) is 7.11 Å². The topological polar surface area (TPSA) is 32.7 Å². The predicted molar refractivity (Wildman–Crippen MR) is 71.9 cm³/mol. The molecule has 0 saturated heterocycles. The van der Waals surface area contributed by atoms with Crippen LogP contribution in [0.3, 0.4) is 0 Å². The van der Waals surface area contributed by atoms with Crippen molar-refractivity contribution in [1.82, 2.24) is 0 Å². The minimum atomic E-state index is 0.231. The molecule has 1 unspecified atom stereocenters. The number of ether oxygens (including phenoxy) is 1. The Morgan fingerprint density at radius 2 is 2.12 bits per heavy atom. The highest BCUT2D eigenvalue weighted by atomic mass is 16.5. The van der Waals surface area contributed by atoms with Gasteiger partial charge in [-0.05, 0) is 37.0 Å². The number of aliphatic hydroxyl groups is 1. The van der Waals surface area contributed by atoms with Crippen molar-refractivity contribution in [2.45, 2.75) is 20.3 Å². The van der Waals surface area contributed by atoms with Crippen LogP contribution in [-0.2, 0) is 0 Å². The molecule has 0 heterocycles. The summed E-state index contributed by atoms with van der Waals surface area (Å²) in [6.45, 7) is 5.24. The molecule has 0 fully saturated rings. The van der Waals surface area contributed by atoms with Crippen LogP contribution in [-0.4, -0.2) is 32.4 Å². The summed E-state index contributed by atoms with van der Waals surface area (Å²) in [5.74, 6) is 1.19. The van der Waals surface area contributed by atoms with E-state index in [0.29, 0.717) is 5.92 Å². The van der Waals surface area contributed by atoms with Gasteiger partial charge >= 0.3 is 0 Å². The highest BCUT2D eigenvalue weighted by molar-refractivity contribution is 5.59. The maximum absolute atomic E-state index is 9.24. The van der Waals surface area contributed by atoms with Crippen molar-refractivity contribution in [2.75, 3.05) is 32.2 Å². The standard InChI is InChI=1S/C14H23NO2/c1-5-12(10-16)9-15(3)13-8-11(2)6-7-14(13)17-4/h6-8,12,16H,5,9-10H2,1-4H3. The van der Waals surface area contributed by atoms with Gasteiger partial charge in [-0.1, -0.05) is 13.0 Å². The molecular weight excluding hydrogens is 214 g/mol. The molecule has 96 valence electrons. The SMILES string of the molecule is CCC(CO)CN(C)c1cc(C)ccc1OC. The summed E-state index contributed by atoms with van der Waals surface area (Å²) in [4.78, 5) is 2.15. The van der Waals surface area contributed by atoms with Gasteiger partial charge in [0.25, 0.3) is 0 Å². The van der Waals surface area contributed by atoms with Crippen molar-refractivity contribution < 1.29 is 9.84 Å². The Bertz CT molecular complexity index is 348. The molecule has 0 radical (unpaired) electrons. The molecule has 0 aliphatic rings. The van der Waals surface area contributed by atoms with Gasteiger partial charge in [-0.15, -0.1) is 0 Å². The zero-order valence-corrected chi connectivity index (χ0v) is 11.2. The first-order valence-corrected chi connectivity index (χ1v) is 6.09. The number of aliphatic hydroxyl groups excluding tert-OH is 1. The summed E-state index contributed by atoms with van der Waals surface area (Å²) in [7, 11) is 3.72. The maximum Gasteiger partial charge on any atom is 0.142 e. The fourth-order valence-electron chi connectivity index (χ4n) is 1.90. The monoisotopic (exact) mass is 237 g/mol. The molecule has 0 aliphatic carbocycles. The largest absolute Gasteiger partial charge is 0.495 e. The normalized spacial score (nSPS) is 12.3. The summed E-state index contributed by atoms with van der Waals surface area (Å²) in [6, 6.07) is 6.14. The average molecular weight is 237 g/mol. The molecule has 1 rings (SSSR count). The van der Waals surface area contributed by atoms with E-state index < -0.39 is 0 Å². The predicted octanol–water partition coefficient (Wildman–Crippen LogP) is 2.46. The molecule has 0 bridgehead atoms. The maximum atomic E-state index is 9.24. The summed E-state index contributed by atoms with van der Waals surface area (Å²) in [5, 5.41) is 9.24. The molecule has 3 nitrogen and oxygen atoms in total. The summed E-state index contributed by atoms with van der Waals surface area (Å²) < 4.78 is 5.37. The molecular formula is C14H23NO2. The lowest BCUT2D eigenvalue weighted by atomic mass is 10.1. The van der Waals surface area contributed by atoms with Gasteiger partial charge in [-0.25, -0.2) is 0 Å². The fraction of sp³-hybridized carbons (Fsp3) is 0.571. The molecule has 0 spiro atoms. The number of rotatable bonds is 6. The van der Waals surface area contributed by atoms with E-state index in [1.165, 1.54) is 5.56 Å². The van der Waals surface area contributed by atoms with Gasteiger partial charge < -0.3 is 14.7 Å². The van der Waals surface area contributed by atoms with Crippen molar-refractivity contribution in [2.24, 2.45) is 5.92 Å². The van der Waals surface area contributed by atoms with Crippen LogP contribution in [0.1, 0.15) is 18.9 Å². The lowest BCUT2D eigenvalue weighted by Gasteiger charge is -2.25. The lowest BCUT2D eigenvalue weighted by molar-refractivity contribution is 0.225. The zero-order valence-electron chi connectivity index (χ0n) is 11.2. The lowest BCUT2D eigenvalue weighted by Crippen LogP contribution is -2.27. The van der Waals surface area contributed by atoms with Crippen LogP contribution in [0.15, 0.2) is 18.2 Å². The van der Waals surface area contributed by atoms with Crippen LogP contribution in [0.2, 0.25) is 0 Å². The molecule has 1 N–H and O–H groups in total. The molecule has 0 aromatic heterocycles. The van der Waals surface area contributed by atoms with Gasteiger partial charge in [0.05, 0.1) is 12.8 Å². The number of benzene rings is 1. The number of aryl methyl sites for hydroxylation is 1. The van der Waals surface area contributed by atoms with Crippen LogP contribution in [0, 0.1) is 12.8 Å². The van der Waals surface area contributed by atoms with Gasteiger partial charge in [0.15, 0.2) is 0 Å². The van der Waals surface area contributed by atoms with Gasteiger partial charge in [0, 0.05) is 20.2 Å². The van der Waals surface area contributed by atoms with Crippen molar-refractivity contribution in [3.05, 3.63) is 23.8 Å². The Kier molecular flexibility index (Phi) is 5.29. The second-order valence-electron chi connectivity index (χ2n) is 4.51. The number of hydrogen-bond acceptors (Lipinski definition) is 3. The highest BCUT2D eigenvalue weighted by Crippen LogP contribution is 2.29. The Hall–Kier alpha value is -1.22. The van der Waals surface area contributed by atoms with E-state index in [-0.39, 0.29) is 6.61 Å². The van der Waals surface area contributed by atoms with Gasteiger partial charge in [-0.3, -0.25) is 0 Å². The average Bonchev–Trinajstić information content (AvgIpc) is 2.35. The van der Waals surface area contributed by atoms with Crippen LogP contribution in [0.5, 0.6) is 5.75 Å². The summed E-state index contributed by atoms with van der Waals surface area (Å²) in [5.41, 5.74) is 2.30. The highest BCUT2D eigenvalue weighted by Gasteiger charge is 2.12. The van der Waals surface area contributed by atoms with Crippen molar-refractivity contribution in [1.29, 1.82) is 0 Å². The molecule has 1 aromatic rings. The van der Waals surface area contributed by atoms with E-state index in [2.05, 4.69) is 24.8 Å². The molecule has 0 saturated carbocycles. The number of methoxy groups -OCH3 is 1. The van der Waals surface area contributed by atoms with E-state index in [0.717, 1.165) is 24.4 Å². The van der Waals surface area contributed by atoms with Crippen LogP contribution >= 0.6 is 0 Å². The van der Waals surface area contributed by atoms with E-state index in [4.69, 9.17) is 4.74 Å². The number of hydrogen-bond donors (Lipinski definition) is 1. The third kappa shape index (κ3) is 3.63. The molecule has 0 amide bonds. The Morgan fingerprint density at radius 3 is 2.65 bits per heavy atom. The molecule has 3 heteroatoms. The van der Waals surface area contributed by atoms with Crippen molar-refractivity contribution in [3.8, 4) is 5.75 Å². The quantitative estimate of drug-likeness (QED) is 0.825. The zero-order chi connectivity index (χ0) is 12.8. The Labute approximate surface area is 104 Å². The first-order chi connectivity index (χ1) is 8.12. The van der Waals surface area contributed by atoms with Crippen molar-refractivity contribution >= 4 is 5.69 Å². The summed E-state index contributed by atoms with van der Waals surface area (Å²) in [6.07, 6.45) is 0.981. The molecule has 17 heavy (non-hydrogen) atoms. The Morgan fingerprint density at radius 1 is 1.41 bits per heavy atom. The second kappa shape index (κ2) is 6.50. The number of nitrogens with zero attached hydrogens (tertiary/aromatic N) is 1. The third-order valence-corrected chi connectivity index (χ3v) is 3.11. The van der Waals surface area contributed by atoms with Crippen LogP contribution in [0.25, 0.3) is 0 Å². The number of anilines is 1. The molecule has 0 aliphatic heterocycles. The van der Waals surface area contributed by atoms with E-state index in [1.807, 2.05) is 19.2 Å². The smallest absolute Gasteiger partial charge is 0.142 e. The van der Waals surface area contributed by atoms with Gasteiger partial charge in [0.2, 0.25) is 0 Å². The molecule has 1 atom stereocenters. The van der Waals surface area contributed by atoms with Crippen LogP contribution < -0.4 is 9.64 Å². The first kappa shape index (κ1) is 13.8. The minimum absolute atomic E-state index is 0.231. The first-order valence-electron chi connectivity index (χ1n) is 6.09. The van der Waals surface area contributed by atoms with E-state index >= 15 is 0 Å². The van der Waals surface area contributed by atoms with Crippen LogP contribution in [0.4, 0.5) is 5.69 Å². The second-order valence-corrected chi connectivity index (χ2v) is 4.51. The fourth-order valence-corrected chi connectivity index (χ4v) is 1.90. The van der Waals surface area contributed by atoms with Gasteiger partial charge in [-0.2, -0.15) is 0 Å². The summed E-state index contributed by atoms with van der Waals surface area (Å²) >= 11 is 0. The van der Waals surface area contributed by atoms with Crippen molar-refractivity contribution in [3.63, 3.8) is 0 Å².